The van der Waals surface area contributed by atoms with Crippen LogP contribution in [0.15, 0.2) is 60.8 Å². The number of amides is 1. The molecule has 0 bridgehead atoms. The molecular weight excluding hydrogens is 554 g/mol. The molecular formula is C34H45N5O3Si. The molecule has 2 N–H and O–H groups in total. The van der Waals surface area contributed by atoms with Crippen molar-refractivity contribution in [2.75, 3.05) is 25.5 Å². The number of nitrogens with one attached hydrogen (secondary N) is 2. The van der Waals surface area contributed by atoms with Crippen LogP contribution in [-0.2, 0) is 34.5 Å². The van der Waals surface area contributed by atoms with Gasteiger partial charge in [-0.25, -0.2) is 9.78 Å². The Morgan fingerprint density at radius 3 is 2.40 bits per heavy atom. The first-order chi connectivity index (χ1) is 20.4. The van der Waals surface area contributed by atoms with Gasteiger partial charge in [0, 0.05) is 50.8 Å². The molecule has 228 valence electrons. The predicted molar refractivity (Wildman–Crippen MR) is 176 cm³/mol. The van der Waals surface area contributed by atoms with Crippen molar-refractivity contribution in [1.82, 2.24) is 19.9 Å². The highest BCUT2D eigenvalue weighted by molar-refractivity contribution is 6.76. The van der Waals surface area contributed by atoms with Gasteiger partial charge in [0.05, 0.1) is 5.69 Å². The van der Waals surface area contributed by atoms with E-state index < -0.39 is 19.8 Å². The maximum absolute atomic E-state index is 12.7. The van der Waals surface area contributed by atoms with E-state index in [0.717, 1.165) is 53.3 Å². The SMILES string of the molecule is CNc1nc(-c2cccc(C3(CNC(=O)OC(C)(C)C)Cc4ccccc4C3)c2)c2ccn(COCC[Si](C)(C)C)c2n1. The van der Waals surface area contributed by atoms with Crippen molar-refractivity contribution in [3.8, 4) is 11.3 Å². The van der Waals surface area contributed by atoms with Crippen molar-refractivity contribution in [2.45, 2.75) is 77.0 Å². The standard InChI is InChI=1S/C34H45N5O3Si/c1-33(2,3)42-32(40)36-22-34(20-25-11-8-9-12-26(25)21-34)27-14-10-13-24(19-27)29-28-15-16-39(23-41-17-18-43(5,6)7)30(28)38-31(35-4)37-29/h8-16,19H,17-18,20-23H2,1-7H3,(H,36,40)(H,35,37,38). The van der Waals surface area contributed by atoms with Gasteiger partial charge >= 0.3 is 6.09 Å². The molecule has 0 radical (unpaired) electrons. The predicted octanol–water partition coefficient (Wildman–Crippen LogP) is 7.01. The van der Waals surface area contributed by atoms with Crippen molar-refractivity contribution in [1.29, 1.82) is 0 Å². The minimum absolute atomic E-state index is 0.315. The lowest BCUT2D eigenvalue weighted by Gasteiger charge is -2.31. The number of hydrogen-bond acceptors (Lipinski definition) is 6. The first-order valence-electron chi connectivity index (χ1n) is 15.1. The first kappa shape index (κ1) is 30.8. The summed E-state index contributed by atoms with van der Waals surface area (Å²) < 4.78 is 13.7. The number of carbonyl (C=O) groups is 1. The van der Waals surface area contributed by atoms with Crippen LogP contribution < -0.4 is 10.6 Å². The van der Waals surface area contributed by atoms with E-state index >= 15 is 0 Å². The molecule has 4 aromatic rings. The van der Waals surface area contributed by atoms with Crippen molar-refractivity contribution < 1.29 is 14.3 Å². The van der Waals surface area contributed by atoms with E-state index in [4.69, 9.17) is 19.4 Å². The summed E-state index contributed by atoms with van der Waals surface area (Å²) in [7, 11) is 0.672. The fourth-order valence-corrected chi connectivity index (χ4v) is 6.48. The lowest BCUT2D eigenvalue weighted by molar-refractivity contribution is 0.0514. The second-order valence-electron chi connectivity index (χ2n) is 13.9. The van der Waals surface area contributed by atoms with Crippen LogP contribution in [0.2, 0.25) is 25.7 Å². The number of rotatable bonds is 10. The highest BCUT2D eigenvalue weighted by atomic mass is 28.3. The molecule has 8 nitrogen and oxygen atoms in total. The van der Waals surface area contributed by atoms with E-state index in [1.165, 1.54) is 11.1 Å². The number of nitrogens with zero attached hydrogens (tertiary/aromatic N) is 3. The van der Waals surface area contributed by atoms with Crippen LogP contribution in [0.5, 0.6) is 0 Å². The van der Waals surface area contributed by atoms with Gasteiger partial charge in [0.25, 0.3) is 0 Å². The second kappa shape index (κ2) is 12.1. The Kier molecular flexibility index (Phi) is 8.67. The summed E-state index contributed by atoms with van der Waals surface area (Å²) in [4.78, 5) is 22.5. The van der Waals surface area contributed by atoms with Crippen molar-refractivity contribution >= 4 is 31.1 Å². The molecule has 0 spiro atoms. The van der Waals surface area contributed by atoms with Crippen molar-refractivity contribution in [3.63, 3.8) is 0 Å². The Labute approximate surface area is 256 Å². The Balaban J connectivity index is 1.48. The summed E-state index contributed by atoms with van der Waals surface area (Å²) in [6, 6.07) is 20.3. The molecule has 43 heavy (non-hydrogen) atoms. The van der Waals surface area contributed by atoms with E-state index in [9.17, 15) is 4.79 Å². The van der Waals surface area contributed by atoms with Gasteiger partial charge in [0.2, 0.25) is 5.95 Å². The lowest BCUT2D eigenvalue weighted by atomic mass is 9.77. The number of anilines is 1. The van der Waals surface area contributed by atoms with E-state index in [1.807, 2.05) is 34.0 Å². The zero-order valence-corrected chi connectivity index (χ0v) is 27.6. The molecule has 0 unspecified atom stereocenters. The van der Waals surface area contributed by atoms with Gasteiger partial charge in [-0.05, 0) is 68.5 Å². The molecule has 1 amide bonds. The molecule has 1 aliphatic rings. The number of carbonyl (C=O) groups excluding carboxylic acids is 1. The third kappa shape index (κ3) is 7.28. The van der Waals surface area contributed by atoms with Crippen molar-refractivity contribution in [3.05, 3.63) is 77.5 Å². The van der Waals surface area contributed by atoms with Gasteiger partial charge in [-0.1, -0.05) is 62.1 Å². The largest absolute Gasteiger partial charge is 0.444 e. The molecule has 2 aromatic heterocycles. The average molecular weight is 600 g/mol. The molecule has 2 heterocycles. The molecule has 1 aliphatic carbocycles. The minimum atomic E-state index is -1.17. The van der Waals surface area contributed by atoms with Crippen LogP contribution in [0, 0.1) is 0 Å². The van der Waals surface area contributed by atoms with Crippen LogP contribution in [0.25, 0.3) is 22.3 Å². The second-order valence-corrected chi connectivity index (χ2v) is 19.5. The van der Waals surface area contributed by atoms with Crippen LogP contribution in [0.1, 0.15) is 37.5 Å². The van der Waals surface area contributed by atoms with Gasteiger partial charge in [-0.2, -0.15) is 4.98 Å². The smallest absolute Gasteiger partial charge is 0.407 e. The van der Waals surface area contributed by atoms with Crippen LogP contribution in [0.4, 0.5) is 10.7 Å². The summed E-state index contributed by atoms with van der Waals surface area (Å²) in [6.07, 6.45) is 3.28. The third-order valence-corrected chi connectivity index (χ3v) is 9.67. The van der Waals surface area contributed by atoms with E-state index in [-0.39, 0.29) is 5.41 Å². The maximum atomic E-state index is 12.7. The molecule has 0 atom stereocenters. The zero-order chi connectivity index (χ0) is 30.8. The molecule has 5 rings (SSSR count). The average Bonchev–Trinajstić information content (AvgIpc) is 3.54. The van der Waals surface area contributed by atoms with Crippen molar-refractivity contribution in [2.24, 2.45) is 0 Å². The number of hydrogen-bond donors (Lipinski definition) is 2. The first-order valence-corrected chi connectivity index (χ1v) is 18.8. The highest BCUT2D eigenvalue weighted by Crippen LogP contribution is 2.41. The quantitative estimate of drug-likeness (QED) is 0.151. The number of fused-ring (bicyclic) bond motifs is 2. The van der Waals surface area contributed by atoms with E-state index in [2.05, 4.69) is 89.4 Å². The highest BCUT2D eigenvalue weighted by Gasteiger charge is 2.39. The van der Waals surface area contributed by atoms with Crippen LogP contribution in [0.3, 0.4) is 0 Å². The fraction of sp³-hybridized carbons (Fsp3) is 0.441. The Morgan fingerprint density at radius 1 is 1.02 bits per heavy atom. The van der Waals surface area contributed by atoms with E-state index in [0.29, 0.717) is 19.2 Å². The van der Waals surface area contributed by atoms with Gasteiger partial charge in [-0.3, -0.25) is 0 Å². The summed E-state index contributed by atoms with van der Waals surface area (Å²) in [5.74, 6) is 0.560. The topological polar surface area (TPSA) is 90.3 Å². The summed E-state index contributed by atoms with van der Waals surface area (Å²) in [6.45, 7) is 14.4. The Morgan fingerprint density at radius 2 is 1.74 bits per heavy atom. The molecule has 2 aromatic carbocycles. The van der Waals surface area contributed by atoms with Gasteiger partial charge in [-0.15, -0.1) is 0 Å². The fourth-order valence-electron chi connectivity index (χ4n) is 5.72. The maximum Gasteiger partial charge on any atom is 0.407 e. The molecule has 0 saturated carbocycles. The number of benzene rings is 2. The summed E-state index contributed by atoms with van der Waals surface area (Å²) in [5, 5.41) is 7.20. The molecule has 9 heteroatoms. The molecule has 0 fully saturated rings. The third-order valence-electron chi connectivity index (χ3n) is 7.96. The normalized spacial score (nSPS) is 14.5. The Bertz CT molecular complexity index is 1580. The van der Waals surface area contributed by atoms with Gasteiger partial charge in [0.1, 0.15) is 18.0 Å². The lowest BCUT2D eigenvalue weighted by Crippen LogP contribution is -2.43. The monoisotopic (exact) mass is 599 g/mol. The number of alkyl carbamates (subject to hydrolysis) is 1. The van der Waals surface area contributed by atoms with Crippen LogP contribution in [-0.4, -0.2) is 54.5 Å². The van der Waals surface area contributed by atoms with Crippen LogP contribution >= 0.6 is 0 Å². The Hall–Kier alpha value is -3.69. The number of ether oxygens (including phenoxy) is 2. The zero-order valence-electron chi connectivity index (χ0n) is 26.6. The molecule has 0 aliphatic heterocycles. The van der Waals surface area contributed by atoms with Gasteiger partial charge < -0.3 is 24.7 Å². The summed E-state index contributed by atoms with van der Waals surface area (Å²) >= 11 is 0. The summed E-state index contributed by atoms with van der Waals surface area (Å²) in [5.41, 5.74) is 5.61. The van der Waals surface area contributed by atoms with E-state index in [1.54, 1.807) is 0 Å². The molecule has 0 saturated heterocycles. The van der Waals surface area contributed by atoms with Gasteiger partial charge in [0.15, 0.2) is 0 Å². The number of aromatic nitrogens is 3. The minimum Gasteiger partial charge on any atom is -0.444 e.